The quantitative estimate of drug-likeness (QED) is 0.635. The molecule has 0 unspecified atom stereocenters. The number of fused-ring (bicyclic) bond motifs is 1. The van der Waals surface area contributed by atoms with E-state index in [9.17, 15) is 4.79 Å². The van der Waals surface area contributed by atoms with Gasteiger partial charge < -0.3 is 4.40 Å². The van der Waals surface area contributed by atoms with Gasteiger partial charge in [-0.15, -0.1) is 0 Å². The molecule has 0 aromatic carbocycles. The first-order valence-corrected chi connectivity index (χ1v) is 4.24. The first-order valence-electron chi connectivity index (χ1n) is 4.24. The van der Waals surface area contributed by atoms with Gasteiger partial charge in [0, 0.05) is 5.69 Å². The van der Waals surface area contributed by atoms with Crippen LogP contribution >= 0.6 is 0 Å². The standard InChI is InChI=1S/C11H8N2O/c1-8-3-2-4-11-9(6-12)5-10(7-14)13(8)11/h2-5,7H,1H3. The fourth-order valence-electron chi connectivity index (χ4n) is 1.63. The molecule has 0 fully saturated rings. The van der Waals surface area contributed by atoms with E-state index in [0.29, 0.717) is 11.3 Å². The molecule has 0 amide bonds. The third-order valence-corrected chi connectivity index (χ3v) is 2.25. The average molecular weight is 184 g/mol. The van der Waals surface area contributed by atoms with E-state index in [1.54, 1.807) is 10.5 Å². The Morgan fingerprint density at radius 2 is 2.29 bits per heavy atom. The maximum Gasteiger partial charge on any atom is 0.166 e. The third-order valence-electron chi connectivity index (χ3n) is 2.25. The van der Waals surface area contributed by atoms with E-state index in [4.69, 9.17) is 5.26 Å². The molecule has 0 aliphatic carbocycles. The minimum Gasteiger partial charge on any atom is -0.310 e. The smallest absolute Gasteiger partial charge is 0.166 e. The zero-order valence-corrected chi connectivity index (χ0v) is 7.69. The highest BCUT2D eigenvalue weighted by Gasteiger charge is 2.08. The molecule has 0 radical (unpaired) electrons. The first-order chi connectivity index (χ1) is 6.77. The molecule has 2 aromatic rings. The lowest BCUT2D eigenvalue weighted by Gasteiger charge is -2.01. The number of rotatable bonds is 1. The van der Waals surface area contributed by atoms with Crippen LogP contribution in [0.25, 0.3) is 5.52 Å². The summed E-state index contributed by atoms with van der Waals surface area (Å²) in [5, 5.41) is 8.86. The van der Waals surface area contributed by atoms with Gasteiger partial charge in [-0.25, -0.2) is 0 Å². The lowest BCUT2D eigenvalue weighted by molar-refractivity contribution is 0.111. The molecule has 0 atom stereocenters. The number of aryl methyl sites for hydroxylation is 1. The van der Waals surface area contributed by atoms with Gasteiger partial charge in [0.05, 0.1) is 16.8 Å². The van der Waals surface area contributed by atoms with Crippen LogP contribution in [-0.2, 0) is 0 Å². The second kappa shape index (κ2) is 3.00. The van der Waals surface area contributed by atoms with Crippen molar-refractivity contribution in [3.8, 4) is 6.07 Å². The van der Waals surface area contributed by atoms with Crippen molar-refractivity contribution in [3.63, 3.8) is 0 Å². The molecule has 2 heterocycles. The fraction of sp³-hybridized carbons (Fsp3) is 0.0909. The molecule has 68 valence electrons. The van der Waals surface area contributed by atoms with Crippen LogP contribution in [-0.4, -0.2) is 10.7 Å². The van der Waals surface area contributed by atoms with Crippen molar-refractivity contribution in [2.75, 3.05) is 0 Å². The number of nitrogens with zero attached hydrogens (tertiary/aromatic N) is 2. The molecule has 0 aliphatic heterocycles. The molecule has 2 aromatic heterocycles. The van der Waals surface area contributed by atoms with Gasteiger partial charge in [0.2, 0.25) is 0 Å². The molecule has 0 saturated carbocycles. The van der Waals surface area contributed by atoms with E-state index in [1.165, 1.54) is 0 Å². The number of carbonyl (C=O) groups excluding carboxylic acids is 1. The number of hydrogen-bond donors (Lipinski definition) is 0. The highest BCUT2D eigenvalue weighted by atomic mass is 16.1. The number of pyridine rings is 1. The van der Waals surface area contributed by atoms with Crippen LogP contribution in [0.1, 0.15) is 21.7 Å². The van der Waals surface area contributed by atoms with Crippen molar-refractivity contribution >= 4 is 11.8 Å². The number of carbonyl (C=O) groups is 1. The maximum atomic E-state index is 10.8. The van der Waals surface area contributed by atoms with E-state index in [2.05, 4.69) is 6.07 Å². The van der Waals surface area contributed by atoms with Crippen LogP contribution < -0.4 is 0 Å². The van der Waals surface area contributed by atoms with Crippen LogP contribution in [0.3, 0.4) is 0 Å². The summed E-state index contributed by atoms with van der Waals surface area (Å²) >= 11 is 0. The molecule has 0 aliphatic rings. The Morgan fingerprint density at radius 3 is 2.93 bits per heavy atom. The molecular formula is C11H8N2O. The summed E-state index contributed by atoms with van der Waals surface area (Å²) in [7, 11) is 0. The van der Waals surface area contributed by atoms with Crippen LogP contribution in [0.4, 0.5) is 0 Å². The Bertz CT molecular complexity index is 546. The topological polar surface area (TPSA) is 45.3 Å². The van der Waals surface area contributed by atoms with Crippen LogP contribution in [0.15, 0.2) is 24.3 Å². The van der Waals surface area contributed by atoms with E-state index in [0.717, 1.165) is 17.5 Å². The second-order valence-electron chi connectivity index (χ2n) is 3.10. The van der Waals surface area contributed by atoms with Crippen molar-refractivity contribution in [3.05, 3.63) is 41.2 Å². The molecule has 3 nitrogen and oxygen atoms in total. The molecule has 3 heteroatoms. The number of nitriles is 1. The number of aromatic nitrogens is 1. The maximum absolute atomic E-state index is 10.8. The summed E-state index contributed by atoms with van der Waals surface area (Å²) < 4.78 is 1.78. The van der Waals surface area contributed by atoms with Crippen LogP contribution in [0, 0.1) is 18.3 Å². The summed E-state index contributed by atoms with van der Waals surface area (Å²) in [5.74, 6) is 0. The molecule has 2 rings (SSSR count). The molecule has 0 saturated heterocycles. The SMILES string of the molecule is Cc1cccc2c(C#N)cc(C=O)n12. The Morgan fingerprint density at radius 1 is 1.50 bits per heavy atom. The molecular weight excluding hydrogens is 176 g/mol. The van der Waals surface area contributed by atoms with Gasteiger partial charge >= 0.3 is 0 Å². The van der Waals surface area contributed by atoms with Crippen molar-refractivity contribution in [1.29, 1.82) is 5.26 Å². The van der Waals surface area contributed by atoms with Gasteiger partial charge in [-0.1, -0.05) is 6.07 Å². The normalized spacial score (nSPS) is 10.0. The van der Waals surface area contributed by atoms with Crippen molar-refractivity contribution in [2.24, 2.45) is 0 Å². The second-order valence-corrected chi connectivity index (χ2v) is 3.10. The minimum absolute atomic E-state index is 0.523. The fourth-order valence-corrected chi connectivity index (χ4v) is 1.63. The Labute approximate surface area is 81.2 Å². The van der Waals surface area contributed by atoms with Crippen molar-refractivity contribution in [1.82, 2.24) is 4.40 Å². The number of hydrogen-bond acceptors (Lipinski definition) is 2. The molecule has 0 N–H and O–H groups in total. The lowest BCUT2D eigenvalue weighted by atomic mass is 10.2. The van der Waals surface area contributed by atoms with E-state index < -0.39 is 0 Å². The van der Waals surface area contributed by atoms with Gasteiger partial charge in [-0.2, -0.15) is 5.26 Å². The monoisotopic (exact) mass is 184 g/mol. The largest absolute Gasteiger partial charge is 0.310 e. The molecule has 0 bridgehead atoms. The Balaban J connectivity index is 2.98. The minimum atomic E-state index is 0.523. The van der Waals surface area contributed by atoms with Crippen molar-refractivity contribution < 1.29 is 4.79 Å². The van der Waals surface area contributed by atoms with Crippen LogP contribution in [0.5, 0.6) is 0 Å². The average Bonchev–Trinajstić information content (AvgIpc) is 2.57. The summed E-state index contributed by atoms with van der Waals surface area (Å²) in [6.45, 7) is 1.90. The van der Waals surface area contributed by atoms with E-state index in [1.807, 2.05) is 25.1 Å². The van der Waals surface area contributed by atoms with Gasteiger partial charge in [0.25, 0.3) is 0 Å². The first kappa shape index (κ1) is 8.52. The molecule has 14 heavy (non-hydrogen) atoms. The van der Waals surface area contributed by atoms with Gasteiger partial charge in [0.15, 0.2) is 6.29 Å². The molecule has 0 spiro atoms. The van der Waals surface area contributed by atoms with E-state index >= 15 is 0 Å². The Hall–Kier alpha value is -2.08. The zero-order valence-electron chi connectivity index (χ0n) is 7.69. The number of aldehydes is 1. The summed E-state index contributed by atoms with van der Waals surface area (Å²) in [5.41, 5.74) is 2.80. The summed E-state index contributed by atoms with van der Waals surface area (Å²) in [4.78, 5) is 10.8. The van der Waals surface area contributed by atoms with E-state index in [-0.39, 0.29) is 0 Å². The lowest BCUT2D eigenvalue weighted by Crippen LogP contribution is -1.94. The predicted molar refractivity (Wildman–Crippen MR) is 52.2 cm³/mol. The highest BCUT2D eigenvalue weighted by molar-refractivity contribution is 5.79. The highest BCUT2D eigenvalue weighted by Crippen LogP contribution is 2.17. The van der Waals surface area contributed by atoms with Gasteiger partial charge in [-0.3, -0.25) is 4.79 Å². The van der Waals surface area contributed by atoms with Gasteiger partial charge in [0.1, 0.15) is 6.07 Å². The zero-order chi connectivity index (χ0) is 10.1. The predicted octanol–water partition coefficient (Wildman–Crippen LogP) is 1.93. The van der Waals surface area contributed by atoms with Crippen molar-refractivity contribution in [2.45, 2.75) is 6.92 Å². The Kier molecular flexibility index (Phi) is 1.83. The summed E-state index contributed by atoms with van der Waals surface area (Å²) in [6.07, 6.45) is 0.765. The summed E-state index contributed by atoms with van der Waals surface area (Å²) in [6, 6.07) is 9.29. The van der Waals surface area contributed by atoms with Gasteiger partial charge in [-0.05, 0) is 25.1 Å². The van der Waals surface area contributed by atoms with Crippen LogP contribution in [0.2, 0.25) is 0 Å². The third kappa shape index (κ3) is 1.01.